The number of phenols is 1. The second-order valence-corrected chi connectivity index (χ2v) is 3.77. The summed E-state index contributed by atoms with van der Waals surface area (Å²) in [6, 6.07) is 5.03. The van der Waals surface area contributed by atoms with Crippen molar-refractivity contribution in [1.29, 1.82) is 0 Å². The molecule has 0 saturated carbocycles. The van der Waals surface area contributed by atoms with E-state index >= 15 is 0 Å². The number of phenolic OH excluding ortho intramolecular Hbond substituents is 1. The SMILES string of the molecule is CC(O)CCc1nc2ccc(O)cc2[nH]1. The molecule has 0 aliphatic heterocycles. The zero-order chi connectivity index (χ0) is 10.8. The molecule has 4 heteroatoms. The first kappa shape index (κ1) is 9.98. The predicted octanol–water partition coefficient (Wildman–Crippen LogP) is 1.58. The number of fused-ring (bicyclic) bond motifs is 1. The van der Waals surface area contributed by atoms with Gasteiger partial charge in [0.15, 0.2) is 0 Å². The number of nitrogens with one attached hydrogen (secondary N) is 1. The number of aromatic hydroxyl groups is 1. The van der Waals surface area contributed by atoms with Crippen LogP contribution in [0.2, 0.25) is 0 Å². The molecule has 0 spiro atoms. The molecule has 0 saturated heterocycles. The van der Waals surface area contributed by atoms with Gasteiger partial charge < -0.3 is 15.2 Å². The van der Waals surface area contributed by atoms with Crippen molar-refractivity contribution in [3.05, 3.63) is 24.0 Å². The molecule has 1 aromatic carbocycles. The number of aryl methyl sites for hydroxylation is 1. The van der Waals surface area contributed by atoms with Gasteiger partial charge in [0.2, 0.25) is 0 Å². The molecule has 1 atom stereocenters. The Hall–Kier alpha value is -1.55. The van der Waals surface area contributed by atoms with E-state index in [-0.39, 0.29) is 11.9 Å². The Morgan fingerprint density at radius 1 is 1.47 bits per heavy atom. The Labute approximate surface area is 87.6 Å². The highest BCUT2D eigenvalue weighted by Crippen LogP contribution is 2.18. The summed E-state index contributed by atoms with van der Waals surface area (Å²) in [6.07, 6.45) is 1.09. The standard InChI is InChI=1S/C11H14N2O2/c1-7(14)2-5-11-12-9-4-3-8(15)6-10(9)13-11/h3-4,6-7,14-15H,2,5H2,1H3,(H,12,13). The Kier molecular flexibility index (Phi) is 2.60. The molecular formula is C11H14N2O2. The van der Waals surface area contributed by atoms with Crippen LogP contribution in [0.25, 0.3) is 11.0 Å². The van der Waals surface area contributed by atoms with E-state index in [0.29, 0.717) is 12.8 Å². The van der Waals surface area contributed by atoms with Crippen molar-refractivity contribution < 1.29 is 10.2 Å². The molecule has 2 aromatic rings. The van der Waals surface area contributed by atoms with Gasteiger partial charge in [-0.25, -0.2) is 4.98 Å². The number of hydrogen-bond donors (Lipinski definition) is 3. The smallest absolute Gasteiger partial charge is 0.117 e. The number of aliphatic hydroxyl groups excluding tert-OH is 1. The largest absolute Gasteiger partial charge is 0.508 e. The molecule has 0 radical (unpaired) electrons. The molecule has 0 fully saturated rings. The van der Waals surface area contributed by atoms with Gasteiger partial charge in [0.25, 0.3) is 0 Å². The fourth-order valence-corrected chi connectivity index (χ4v) is 1.51. The summed E-state index contributed by atoms with van der Waals surface area (Å²) >= 11 is 0. The first-order valence-electron chi connectivity index (χ1n) is 5.01. The van der Waals surface area contributed by atoms with E-state index in [4.69, 9.17) is 5.11 Å². The topological polar surface area (TPSA) is 69.1 Å². The lowest BCUT2D eigenvalue weighted by Gasteiger charge is -1.99. The number of aliphatic hydroxyl groups is 1. The molecule has 0 aliphatic carbocycles. The van der Waals surface area contributed by atoms with E-state index in [0.717, 1.165) is 16.9 Å². The second-order valence-electron chi connectivity index (χ2n) is 3.77. The zero-order valence-corrected chi connectivity index (χ0v) is 8.57. The fourth-order valence-electron chi connectivity index (χ4n) is 1.51. The number of imidazole rings is 1. The first-order chi connectivity index (χ1) is 7.15. The minimum absolute atomic E-state index is 0.230. The lowest BCUT2D eigenvalue weighted by atomic mass is 10.2. The van der Waals surface area contributed by atoms with Crippen molar-refractivity contribution in [1.82, 2.24) is 9.97 Å². The number of rotatable bonds is 3. The maximum absolute atomic E-state index is 9.27. The predicted molar refractivity (Wildman–Crippen MR) is 57.8 cm³/mol. The van der Waals surface area contributed by atoms with Crippen LogP contribution in [-0.4, -0.2) is 26.3 Å². The summed E-state index contributed by atoms with van der Waals surface area (Å²) in [4.78, 5) is 7.46. The van der Waals surface area contributed by atoms with Crippen molar-refractivity contribution in [2.45, 2.75) is 25.9 Å². The van der Waals surface area contributed by atoms with Gasteiger partial charge >= 0.3 is 0 Å². The van der Waals surface area contributed by atoms with Gasteiger partial charge in [0.1, 0.15) is 11.6 Å². The number of benzene rings is 1. The average molecular weight is 206 g/mol. The number of H-pyrrole nitrogens is 1. The van der Waals surface area contributed by atoms with Gasteiger partial charge in [-0.15, -0.1) is 0 Å². The van der Waals surface area contributed by atoms with Crippen molar-refractivity contribution in [3.63, 3.8) is 0 Å². The van der Waals surface area contributed by atoms with E-state index in [2.05, 4.69) is 9.97 Å². The van der Waals surface area contributed by atoms with Crippen LogP contribution in [0.4, 0.5) is 0 Å². The molecule has 0 aliphatic rings. The normalized spacial score (nSPS) is 13.2. The monoisotopic (exact) mass is 206 g/mol. The third kappa shape index (κ3) is 2.27. The quantitative estimate of drug-likeness (QED) is 0.714. The van der Waals surface area contributed by atoms with Crippen molar-refractivity contribution in [2.24, 2.45) is 0 Å². The van der Waals surface area contributed by atoms with E-state index < -0.39 is 0 Å². The number of hydrogen-bond acceptors (Lipinski definition) is 3. The number of nitrogens with zero attached hydrogens (tertiary/aromatic N) is 1. The van der Waals surface area contributed by atoms with Crippen LogP contribution in [0.1, 0.15) is 19.2 Å². The highest BCUT2D eigenvalue weighted by atomic mass is 16.3. The van der Waals surface area contributed by atoms with Gasteiger partial charge in [0, 0.05) is 12.5 Å². The molecular weight excluding hydrogens is 192 g/mol. The molecule has 1 aromatic heterocycles. The van der Waals surface area contributed by atoms with Gasteiger partial charge in [-0.3, -0.25) is 0 Å². The van der Waals surface area contributed by atoms with Crippen molar-refractivity contribution >= 4 is 11.0 Å². The van der Waals surface area contributed by atoms with Crippen LogP contribution in [0.5, 0.6) is 5.75 Å². The Balaban J connectivity index is 2.23. The molecule has 0 bridgehead atoms. The minimum Gasteiger partial charge on any atom is -0.508 e. The summed E-state index contributed by atoms with van der Waals surface area (Å²) in [5.74, 6) is 1.07. The highest BCUT2D eigenvalue weighted by Gasteiger charge is 2.04. The third-order valence-corrected chi connectivity index (χ3v) is 2.31. The van der Waals surface area contributed by atoms with E-state index in [1.807, 2.05) is 0 Å². The first-order valence-corrected chi connectivity index (χ1v) is 5.01. The summed E-state index contributed by atoms with van der Waals surface area (Å²) in [7, 11) is 0. The molecule has 1 heterocycles. The Morgan fingerprint density at radius 2 is 2.27 bits per heavy atom. The summed E-state index contributed by atoms with van der Waals surface area (Å²) < 4.78 is 0. The van der Waals surface area contributed by atoms with Gasteiger partial charge in [-0.2, -0.15) is 0 Å². The average Bonchev–Trinajstić information content (AvgIpc) is 2.56. The van der Waals surface area contributed by atoms with Crippen LogP contribution in [0.3, 0.4) is 0 Å². The Bertz CT molecular complexity index is 463. The molecule has 1 unspecified atom stereocenters. The van der Waals surface area contributed by atoms with Crippen LogP contribution in [0.15, 0.2) is 18.2 Å². The lowest BCUT2D eigenvalue weighted by molar-refractivity contribution is 0.184. The summed E-state index contributed by atoms with van der Waals surface area (Å²) in [5.41, 5.74) is 1.67. The lowest BCUT2D eigenvalue weighted by Crippen LogP contribution is -2.02. The summed E-state index contributed by atoms with van der Waals surface area (Å²) in [6.45, 7) is 1.76. The van der Waals surface area contributed by atoms with Crippen LogP contribution in [0, 0.1) is 0 Å². The van der Waals surface area contributed by atoms with Crippen LogP contribution in [-0.2, 0) is 6.42 Å². The Morgan fingerprint density at radius 3 is 3.00 bits per heavy atom. The van der Waals surface area contributed by atoms with E-state index in [1.165, 1.54) is 0 Å². The second kappa shape index (κ2) is 3.90. The highest BCUT2D eigenvalue weighted by molar-refractivity contribution is 5.76. The minimum atomic E-state index is -0.313. The molecule has 3 N–H and O–H groups in total. The maximum Gasteiger partial charge on any atom is 0.117 e. The zero-order valence-electron chi connectivity index (χ0n) is 8.57. The van der Waals surface area contributed by atoms with Gasteiger partial charge in [-0.1, -0.05) is 0 Å². The molecule has 2 rings (SSSR count). The molecule has 15 heavy (non-hydrogen) atoms. The van der Waals surface area contributed by atoms with Gasteiger partial charge in [0.05, 0.1) is 17.1 Å². The number of aromatic nitrogens is 2. The summed E-state index contributed by atoms with van der Waals surface area (Å²) in [5, 5.41) is 18.4. The fraction of sp³-hybridized carbons (Fsp3) is 0.364. The molecule has 4 nitrogen and oxygen atoms in total. The van der Waals surface area contributed by atoms with E-state index in [9.17, 15) is 5.11 Å². The van der Waals surface area contributed by atoms with Crippen LogP contribution < -0.4 is 0 Å². The van der Waals surface area contributed by atoms with Crippen LogP contribution >= 0.6 is 0 Å². The molecule has 0 amide bonds. The molecule has 80 valence electrons. The third-order valence-electron chi connectivity index (χ3n) is 2.31. The maximum atomic E-state index is 9.27. The van der Waals surface area contributed by atoms with Crippen molar-refractivity contribution in [3.8, 4) is 5.75 Å². The van der Waals surface area contributed by atoms with E-state index in [1.54, 1.807) is 25.1 Å². The van der Waals surface area contributed by atoms with Crippen molar-refractivity contribution in [2.75, 3.05) is 0 Å². The number of aromatic amines is 1. The van der Waals surface area contributed by atoms with Gasteiger partial charge in [-0.05, 0) is 25.5 Å².